The number of anilines is 1. The zero-order chi connectivity index (χ0) is 18.8. The highest BCUT2D eigenvalue weighted by atomic mass is 35.5. The summed E-state index contributed by atoms with van der Waals surface area (Å²) < 4.78 is 22.6. The lowest BCUT2D eigenvalue weighted by atomic mass is 10.1. The van der Waals surface area contributed by atoms with Gasteiger partial charge in [-0.05, 0) is 42.8 Å². The SMILES string of the molecule is C[C@H](c1ccc(S(N)(=O)=O)cc1)N(C)C(=O)Nc1ccc(Cl)c(Cl)c1. The monoisotopic (exact) mass is 401 g/mol. The first-order valence-corrected chi connectivity index (χ1v) is 9.51. The van der Waals surface area contributed by atoms with Crippen LogP contribution in [0.3, 0.4) is 0 Å². The normalized spacial score (nSPS) is 12.5. The molecule has 3 N–H and O–H groups in total. The smallest absolute Gasteiger partial charge is 0.321 e. The molecule has 0 radical (unpaired) electrons. The minimum absolute atomic E-state index is 0.0198. The second-order valence-corrected chi connectivity index (χ2v) is 7.84. The highest BCUT2D eigenvalue weighted by Crippen LogP contribution is 2.26. The molecular formula is C16H17Cl2N3O3S. The van der Waals surface area contributed by atoms with E-state index in [4.69, 9.17) is 28.3 Å². The topological polar surface area (TPSA) is 92.5 Å². The summed E-state index contributed by atoms with van der Waals surface area (Å²) in [6.07, 6.45) is 0. The summed E-state index contributed by atoms with van der Waals surface area (Å²) in [4.78, 5) is 13.9. The number of halogens is 2. The molecule has 0 spiro atoms. The molecule has 0 bridgehead atoms. The number of nitrogens with two attached hydrogens (primary N) is 1. The molecule has 0 aromatic heterocycles. The van der Waals surface area contributed by atoms with E-state index in [1.54, 1.807) is 37.4 Å². The van der Waals surface area contributed by atoms with Crippen molar-refractivity contribution < 1.29 is 13.2 Å². The fourth-order valence-corrected chi connectivity index (χ4v) is 2.93. The van der Waals surface area contributed by atoms with Crippen LogP contribution in [0.15, 0.2) is 47.4 Å². The predicted molar refractivity (Wildman–Crippen MR) is 99.5 cm³/mol. The summed E-state index contributed by atoms with van der Waals surface area (Å²) in [6.45, 7) is 1.82. The van der Waals surface area contributed by atoms with E-state index in [0.717, 1.165) is 5.56 Å². The zero-order valence-corrected chi connectivity index (χ0v) is 15.9. The molecule has 6 nitrogen and oxygen atoms in total. The molecule has 2 amide bonds. The Morgan fingerprint density at radius 2 is 1.72 bits per heavy atom. The average molecular weight is 402 g/mol. The number of urea groups is 1. The van der Waals surface area contributed by atoms with Crippen molar-refractivity contribution in [2.45, 2.75) is 17.9 Å². The van der Waals surface area contributed by atoms with Crippen molar-refractivity contribution in [2.24, 2.45) is 5.14 Å². The lowest BCUT2D eigenvalue weighted by Crippen LogP contribution is -2.33. The number of benzene rings is 2. The van der Waals surface area contributed by atoms with Gasteiger partial charge in [0.25, 0.3) is 0 Å². The van der Waals surface area contributed by atoms with Crippen LogP contribution in [0.25, 0.3) is 0 Å². The van der Waals surface area contributed by atoms with Crippen LogP contribution in [0, 0.1) is 0 Å². The third kappa shape index (κ3) is 4.85. The number of nitrogens with one attached hydrogen (secondary N) is 1. The van der Waals surface area contributed by atoms with Crippen LogP contribution in [-0.2, 0) is 10.0 Å². The van der Waals surface area contributed by atoms with Crippen molar-refractivity contribution in [3.8, 4) is 0 Å². The standard InChI is InChI=1S/C16H17Cl2N3O3S/c1-10(11-3-6-13(7-4-11)25(19,23)24)21(2)16(22)20-12-5-8-14(17)15(18)9-12/h3-10H,1-2H3,(H,20,22)(H2,19,23,24)/t10-/m1/s1. The van der Waals surface area contributed by atoms with Gasteiger partial charge in [-0.2, -0.15) is 0 Å². The van der Waals surface area contributed by atoms with Crippen LogP contribution < -0.4 is 10.5 Å². The van der Waals surface area contributed by atoms with Crippen LogP contribution in [0.1, 0.15) is 18.5 Å². The Morgan fingerprint density at radius 3 is 2.24 bits per heavy atom. The predicted octanol–water partition coefficient (Wildman–Crippen LogP) is 3.87. The molecule has 0 saturated heterocycles. The van der Waals surface area contributed by atoms with Gasteiger partial charge in [-0.3, -0.25) is 0 Å². The van der Waals surface area contributed by atoms with E-state index in [0.29, 0.717) is 15.7 Å². The van der Waals surface area contributed by atoms with E-state index >= 15 is 0 Å². The first-order valence-electron chi connectivity index (χ1n) is 7.21. The summed E-state index contributed by atoms with van der Waals surface area (Å²) in [5, 5.41) is 8.54. The maximum atomic E-state index is 12.4. The van der Waals surface area contributed by atoms with Crippen LogP contribution in [-0.4, -0.2) is 26.4 Å². The number of nitrogens with zero attached hydrogens (tertiary/aromatic N) is 1. The molecular weight excluding hydrogens is 385 g/mol. The number of primary sulfonamides is 1. The van der Waals surface area contributed by atoms with Gasteiger partial charge >= 0.3 is 6.03 Å². The molecule has 0 fully saturated rings. The number of carbonyl (C=O) groups is 1. The van der Waals surface area contributed by atoms with E-state index in [-0.39, 0.29) is 17.0 Å². The van der Waals surface area contributed by atoms with Gasteiger partial charge in [0.1, 0.15) is 0 Å². The van der Waals surface area contributed by atoms with E-state index in [9.17, 15) is 13.2 Å². The minimum atomic E-state index is -3.75. The Labute approximate surface area is 156 Å². The van der Waals surface area contributed by atoms with Crippen LogP contribution >= 0.6 is 23.2 Å². The fraction of sp³-hybridized carbons (Fsp3) is 0.188. The molecule has 0 aliphatic rings. The number of carbonyl (C=O) groups excluding carboxylic acids is 1. The third-order valence-electron chi connectivity index (χ3n) is 3.76. The van der Waals surface area contributed by atoms with Crippen molar-refractivity contribution in [1.29, 1.82) is 0 Å². The molecule has 0 aliphatic carbocycles. The minimum Gasteiger partial charge on any atom is -0.321 e. The number of amides is 2. The molecule has 134 valence electrons. The molecule has 2 aromatic carbocycles. The van der Waals surface area contributed by atoms with Gasteiger partial charge in [-0.15, -0.1) is 0 Å². The van der Waals surface area contributed by atoms with Gasteiger partial charge in [-0.1, -0.05) is 35.3 Å². The molecule has 0 aliphatic heterocycles. The van der Waals surface area contributed by atoms with Gasteiger partial charge in [0, 0.05) is 12.7 Å². The zero-order valence-electron chi connectivity index (χ0n) is 13.5. The van der Waals surface area contributed by atoms with Crippen LogP contribution in [0.4, 0.5) is 10.5 Å². The van der Waals surface area contributed by atoms with Crippen molar-refractivity contribution in [3.63, 3.8) is 0 Å². The average Bonchev–Trinajstić information content (AvgIpc) is 2.56. The quantitative estimate of drug-likeness (QED) is 0.813. The number of sulfonamides is 1. The second kappa shape index (κ2) is 7.61. The summed E-state index contributed by atoms with van der Waals surface area (Å²) >= 11 is 11.8. The second-order valence-electron chi connectivity index (χ2n) is 5.46. The number of rotatable bonds is 4. The molecule has 2 rings (SSSR count). The lowest BCUT2D eigenvalue weighted by molar-refractivity contribution is 0.208. The summed E-state index contributed by atoms with van der Waals surface area (Å²) in [7, 11) is -2.12. The van der Waals surface area contributed by atoms with Crippen molar-refractivity contribution >= 4 is 44.9 Å². The van der Waals surface area contributed by atoms with Crippen LogP contribution in [0.5, 0.6) is 0 Å². The lowest BCUT2D eigenvalue weighted by Gasteiger charge is -2.25. The molecule has 0 heterocycles. The van der Waals surface area contributed by atoms with Gasteiger partial charge in [-0.25, -0.2) is 18.4 Å². The van der Waals surface area contributed by atoms with E-state index in [1.165, 1.54) is 17.0 Å². The Hall–Kier alpha value is -1.80. The van der Waals surface area contributed by atoms with Crippen molar-refractivity contribution in [3.05, 3.63) is 58.1 Å². The van der Waals surface area contributed by atoms with Crippen LogP contribution in [0.2, 0.25) is 10.0 Å². The number of hydrogen-bond donors (Lipinski definition) is 2. The maximum absolute atomic E-state index is 12.4. The molecule has 25 heavy (non-hydrogen) atoms. The number of hydrogen-bond acceptors (Lipinski definition) is 3. The summed E-state index contributed by atoms with van der Waals surface area (Å²) in [5.74, 6) is 0. The highest BCUT2D eigenvalue weighted by molar-refractivity contribution is 7.89. The highest BCUT2D eigenvalue weighted by Gasteiger charge is 2.18. The summed E-state index contributed by atoms with van der Waals surface area (Å²) in [5.41, 5.74) is 1.28. The van der Waals surface area contributed by atoms with Gasteiger partial charge in [0.15, 0.2) is 0 Å². The Kier molecular flexibility index (Phi) is 5.95. The third-order valence-corrected chi connectivity index (χ3v) is 5.43. The molecule has 0 saturated carbocycles. The van der Waals surface area contributed by atoms with Crippen molar-refractivity contribution in [1.82, 2.24) is 4.90 Å². The van der Waals surface area contributed by atoms with Gasteiger partial charge in [0.05, 0.1) is 21.0 Å². The molecule has 1 atom stereocenters. The summed E-state index contributed by atoms with van der Waals surface area (Å²) in [6, 6.07) is 10.2. The van der Waals surface area contributed by atoms with E-state index in [1.807, 2.05) is 6.92 Å². The molecule has 0 unspecified atom stereocenters. The Morgan fingerprint density at radius 1 is 1.12 bits per heavy atom. The molecule has 2 aromatic rings. The Bertz CT molecular complexity index is 886. The largest absolute Gasteiger partial charge is 0.322 e. The fourth-order valence-electron chi connectivity index (χ4n) is 2.12. The first kappa shape index (κ1) is 19.5. The Balaban J connectivity index is 2.11. The van der Waals surface area contributed by atoms with Gasteiger partial charge in [0.2, 0.25) is 10.0 Å². The molecule has 9 heteroatoms. The van der Waals surface area contributed by atoms with Crippen molar-refractivity contribution in [2.75, 3.05) is 12.4 Å². The maximum Gasteiger partial charge on any atom is 0.322 e. The van der Waals surface area contributed by atoms with E-state index in [2.05, 4.69) is 5.32 Å². The van der Waals surface area contributed by atoms with E-state index < -0.39 is 10.0 Å². The van der Waals surface area contributed by atoms with Gasteiger partial charge < -0.3 is 10.2 Å². The first-order chi connectivity index (χ1) is 11.6.